The van der Waals surface area contributed by atoms with Crippen LogP contribution < -0.4 is 0 Å². The van der Waals surface area contributed by atoms with E-state index in [9.17, 15) is 9.59 Å². The van der Waals surface area contributed by atoms with Gasteiger partial charge in [0.15, 0.2) is 0 Å². The van der Waals surface area contributed by atoms with Gasteiger partial charge in [0.25, 0.3) is 0 Å². The smallest absolute Gasteiger partial charge is 0.308 e. The second kappa shape index (κ2) is 7.18. The van der Waals surface area contributed by atoms with Crippen molar-refractivity contribution in [3.05, 3.63) is 29.3 Å². The highest BCUT2D eigenvalue weighted by Gasteiger charge is 2.37. The molecule has 0 aliphatic carbocycles. The topological polar surface area (TPSA) is 57.6 Å². The maximum atomic E-state index is 12.3. The zero-order chi connectivity index (χ0) is 16.3. The number of thioether (sulfide) groups is 1. The van der Waals surface area contributed by atoms with Crippen molar-refractivity contribution in [1.29, 1.82) is 0 Å². The van der Waals surface area contributed by atoms with Gasteiger partial charge >= 0.3 is 5.97 Å². The van der Waals surface area contributed by atoms with Crippen LogP contribution in [0, 0.1) is 19.8 Å². The van der Waals surface area contributed by atoms with Crippen LogP contribution in [0.1, 0.15) is 30.9 Å². The summed E-state index contributed by atoms with van der Waals surface area (Å²) in [5.74, 6) is -0.432. The third-order valence-electron chi connectivity index (χ3n) is 4.46. The van der Waals surface area contributed by atoms with Crippen molar-refractivity contribution < 1.29 is 14.7 Å². The predicted molar refractivity (Wildman–Crippen MR) is 88.2 cm³/mol. The molecule has 0 bridgehead atoms. The highest BCUT2D eigenvalue weighted by atomic mass is 32.2. The van der Waals surface area contributed by atoms with Crippen LogP contribution in [-0.4, -0.2) is 40.2 Å². The Morgan fingerprint density at radius 1 is 1.32 bits per heavy atom. The minimum absolute atomic E-state index is 0.0626. The first-order chi connectivity index (χ1) is 10.4. The molecule has 0 radical (unpaired) electrons. The predicted octanol–water partition coefficient (Wildman–Crippen LogP) is 3.11. The third kappa shape index (κ3) is 3.83. The lowest BCUT2D eigenvalue weighted by Crippen LogP contribution is -2.37. The molecule has 1 aromatic rings. The van der Waals surface area contributed by atoms with Gasteiger partial charge in [-0.05, 0) is 50.5 Å². The number of carboxylic acid groups (broad SMARTS) is 1. The summed E-state index contributed by atoms with van der Waals surface area (Å²) in [7, 11) is 0. The minimum atomic E-state index is -0.799. The third-order valence-corrected chi connectivity index (χ3v) is 5.45. The fourth-order valence-electron chi connectivity index (χ4n) is 2.83. The van der Waals surface area contributed by atoms with E-state index in [0.29, 0.717) is 19.4 Å². The Morgan fingerprint density at radius 2 is 2.05 bits per heavy atom. The Bertz CT molecular complexity index is 573. The van der Waals surface area contributed by atoms with Crippen LogP contribution in [0.5, 0.6) is 0 Å². The number of carbonyl (C=O) groups is 2. The van der Waals surface area contributed by atoms with Crippen LogP contribution in [0.2, 0.25) is 0 Å². The van der Waals surface area contributed by atoms with Crippen LogP contribution in [-0.2, 0) is 9.59 Å². The molecular formula is C17H23NO3S. The molecule has 1 aliphatic heterocycles. The van der Waals surface area contributed by atoms with Gasteiger partial charge < -0.3 is 10.0 Å². The van der Waals surface area contributed by atoms with Crippen LogP contribution in [0.25, 0.3) is 0 Å². The Balaban J connectivity index is 1.83. The van der Waals surface area contributed by atoms with E-state index in [1.54, 1.807) is 16.7 Å². The van der Waals surface area contributed by atoms with Gasteiger partial charge in [0, 0.05) is 29.7 Å². The maximum Gasteiger partial charge on any atom is 0.308 e. The molecule has 1 saturated heterocycles. The zero-order valence-electron chi connectivity index (χ0n) is 13.3. The Hall–Kier alpha value is -1.49. The number of carboxylic acids is 1. The van der Waals surface area contributed by atoms with Gasteiger partial charge in [-0.1, -0.05) is 6.07 Å². The minimum Gasteiger partial charge on any atom is -0.481 e. The molecule has 2 unspecified atom stereocenters. The molecule has 4 nitrogen and oxygen atoms in total. The SMILES string of the molecule is Cc1ccc(SCCC(=O)N2CCC(C(=O)O)C2C)cc1C. The van der Waals surface area contributed by atoms with E-state index in [-0.39, 0.29) is 11.9 Å². The normalized spacial score (nSPS) is 21.1. The van der Waals surface area contributed by atoms with Crippen molar-refractivity contribution >= 4 is 23.6 Å². The number of aliphatic carboxylic acids is 1. The quantitative estimate of drug-likeness (QED) is 0.847. The van der Waals surface area contributed by atoms with E-state index >= 15 is 0 Å². The summed E-state index contributed by atoms with van der Waals surface area (Å²) in [6.07, 6.45) is 1.01. The second-order valence-corrected chi connectivity index (χ2v) is 7.07. The molecule has 1 aliphatic rings. The highest BCUT2D eigenvalue weighted by molar-refractivity contribution is 7.99. The summed E-state index contributed by atoms with van der Waals surface area (Å²) in [6, 6.07) is 6.12. The first-order valence-electron chi connectivity index (χ1n) is 7.62. The standard InChI is InChI=1S/C17H23NO3S/c1-11-4-5-14(10-12(11)2)22-9-7-16(19)18-8-6-15(13(18)3)17(20)21/h4-5,10,13,15H,6-9H2,1-3H3,(H,20,21). The van der Waals surface area contributed by atoms with Crippen LogP contribution in [0.15, 0.2) is 23.1 Å². The van der Waals surface area contributed by atoms with Gasteiger partial charge in [0.05, 0.1) is 5.92 Å². The molecule has 2 rings (SSSR count). The molecule has 0 saturated carbocycles. The van der Waals surface area contributed by atoms with Gasteiger partial charge in [-0.2, -0.15) is 0 Å². The molecule has 2 atom stereocenters. The van der Waals surface area contributed by atoms with Gasteiger partial charge in [-0.3, -0.25) is 9.59 Å². The number of nitrogens with zero attached hydrogens (tertiary/aromatic N) is 1. The molecule has 120 valence electrons. The van der Waals surface area contributed by atoms with Gasteiger partial charge in [-0.15, -0.1) is 11.8 Å². The van der Waals surface area contributed by atoms with Crippen LogP contribution in [0.3, 0.4) is 0 Å². The van der Waals surface area contributed by atoms with E-state index in [2.05, 4.69) is 32.0 Å². The first-order valence-corrected chi connectivity index (χ1v) is 8.61. The lowest BCUT2D eigenvalue weighted by molar-refractivity contribution is -0.143. The van der Waals surface area contributed by atoms with Crippen molar-refractivity contribution in [1.82, 2.24) is 4.90 Å². The number of likely N-dealkylation sites (tertiary alicyclic amines) is 1. The van der Waals surface area contributed by atoms with Crippen LogP contribution >= 0.6 is 11.8 Å². The lowest BCUT2D eigenvalue weighted by atomic mass is 10.0. The zero-order valence-corrected chi connectivity index (χ0v) is 14.2. The van der Waals surface area contributed by atoms with E-state index in [1.807, 2.05) is 6.92 Å². The summed E-state index contributed by atoms with van der Waals surface area (Å²) in [4.78, 5) is 26.2. The van der Waals surface area contributed by atoms with E-state index in [1.165, 1.54) is 16.0 Å². The molecule has 1 aromatic carbocycles. The van der Waals surface area contributed by atoms with Gasteiger partial charge in [-0.25, -0.2) is 0 Å². The molecule has 1 amide bonds. The van der Waals surface area contributed by atoms with E-state index in [4.69, 9.17) is 5.11 Å². The highest BCUT2D eigenvalue weighted by Crippen LogP contribution is 2.26. The number of amides is 1. The fourth-order valence-corrected chi connectivity index (χ4v) is 3.76. The average molecular weight is 321 g/mol. The second-order valence-electron chi connectivity index (χ2n) is 5.91. The van der Waals surface area contributed by atoms with Crippen LogP contribution in [0.4, 0.5) is 0 Å². The summed E-state index contributed by atoms with van der Waals surface area (Å²) < 4.78 is 0. The Morgan fingerprint density at radius 3 is 2.64 bits per heavy atom. The summed E-state index contributed by atoms with van der Waals surface area (Å²) >= 11 is 1.67. The molecule has 22 heavy (non-hydrogen) atoms. The number of hydrogen-bond donors (Lipinski definition) is 1. The van der Waals surface area contributed by atoms with Crippen molar-refractivity contribution in [2.24, 2.45) is 5.92 Å². The molecule has 1 heterocycles. The first kappa shape index (κ1) is 16.9. The largest absolute Gasteiger partial charge is 0.481 e. The van der Waals surface area contributed by atoms with E-state index in [0.717, 1.165) is 5.75 Å². The van der Waals surface area contributed by atoms with Crippen molar-refractivity contribution in [3.8, 4) is 0 Å². The number of aryl methyl sites for hydroxylation is 2. The Labute approximate surface area is 135 Å². The number of benzene rings is 1. The molecule has 0 spiro atoms. The van der Waals surface area contributed by atoms with Crippen molar-refractivity contribution in [2.45, 2.75) is 44.6 Å². The summed E-state index contributed by atoms with van der Waals surface area (Å²) in [6.45, 7) is 6.56. The molecule has 1 fully saturated rings. The van der Waals surface area contributed by atoms with Gasteiger partial charge in [0.1, 0.15) is 0 Å². The molecular weight excluding hydrogens is 298 g/mol. The average Bonchev–Trinajstić information content (AvgIpc) is 2.84. The number of hydrogen-bond acceptors (Lipinski definition) is 3. The molecule has 1 N–H and O–H groups in total. The monoisotopic (exact) mass is 321 g/mol. The van der Waals surface area contributed by atoms with E-state index < -0.39 is 11.9 Å². The maximum absolute atomic E-state index is 12.3. The Kier molecular flexibility index (Phi) is 5.51. The number of rotatable bonds is 5. The number of carbonyl (C=O) groups excluding carboxylic acids is 1. The van der Waals surface area contributed by atoms with Crippen molar-refractivity contribution in [2.75, 3.05) is 12.3 Å². The lowest BCUT2D eigenvalue weighted by Gasteiger charge is -2.23. The van der Waals surface area contributed by atoms with Gasteiger partial charge in [0.2, 0.25) is 5.91 Å². The fraction of sp³-hybridized carbons (Fsp3) is 0.529. The molecule has 5 heteroatoms. The van der Waals surface area contributed by atoms with Crippen molar-refractivity contribution in [3.63, 3.8) is 0 Å². The molecule has 0 aromatic heterocycles. The summed E-state index contributed by atoms with van der Waals surface area (Å²) in [5, 5.41) is 9.11. The summed E-state index contributed by atoms with van der Waals surface area (Å²) in [5.41, 5.74) is 2.53.